The van der Waals surface area contributed by atoms with Crippen LogP contribution in [0.15, 0.2) is 12.3 Å². The van der Waals surface area contributed by atoms with Crippen LogP contribution in [-0.4, -0.2) is 38.6 Å². The summed E-state index contributed by atoms with van der Waals surface area (Å²) in [7, 11) is 0. The number of rotatable bonds is 3. The third-order valence-electron chi connectivity index (χ3n) is 5.15. The first-order valence-electron chi connectivity index (χ1n) is 9.01. The minimum atomic E-state index is -0.286. The van der Waals surface area contributed by atoms with Crippen molar-refractivity contribution in [1.29, 1.82) is 0 Å². The van der Waals surface area contributed by atoms with Crippen LogP contribution in [0.5, 0.6) is 0 Å². The maximum Gasteiger partial charge on any atom is 0.230 e. The van der Waals surface area contributed by atoms with E-state index in [2.05, 4.69) is 10.4 Å². The van der Waals surface area contributed by atoms with Crippen molar-refractivity contribution in [3.63, 3.8) is 0 Å². The average Bonchev–Trinajstić information content (AvgIpc) is 3.14. The summed E-state index contributed by atoms with van der Waals surface area (Å²) < 4.78 is 1.95. The minimum Gasteiger partial charge on any atom is -0.337 e. The van der Waals surface area contributed by atoms with Crippen molar-refractivity contribution in [1.82, 2.24) is 14.7 Å². The van der Waals surface area contributed by atoms with Crippen LogP contribution >= 0.6 is 0 Å². The quantitative estimate of drug-likeness (QED) is 0.925. The maximum absolute atomic E-state index is 12.6. The van der Waals surface area contributed by atoms with Gasteiger partial charge in [0.1, 0.15) is 5.82 Å². The third kappa shape index (κ3) is 3.47. The molecule has 1 saturated carbocycles. The summed E-state index contributed by atoms with van der Waals surface area (Å²) in [6.45, 7) is 6.50. The molecule has 1 atom stereocenters. The summed E-state index contributed by atoms with van der Waals surface area (Å²) in [6, 6.07) is 2.23. The molecule has 1 aromatic heterocycles. The first kappa shape index (κ1) is 17.0. The number of hydrogen-bond donors (Lipinski definition) is 1. The number of hydrogen-bond acceptors (Lipinski definition) is 3. The Balaban J connectivity index is 1.66. The van der Waals surface area contributed by atoms with Crippen LogP contribution in [0.3, 0.4) is 0 Å². The van der Waals surface area contributed by atoms with Gasteiger partial charge >= 0.3 is 0 Å². The fourth-order valence-corrected chi connectivity index (χ4v) is 3.79. The van der Waals surface area contributed by atoms with Crippen LogP contribution < -0.4 is 5.32 Å². The largest absolute Gasteiger partial charge is 0.337 e. The Morgan fingerprint density at radius 1 is 1.25 bits per heavy atom. The van der Waals surface area contributed by atoms with Crippen molar-refractivity contribution in [2.75, 3.05) is 11.9 Å². The van der Waals surface area contributed by atoms with Gasteiger partial charge in [-0.15, -0.1) is 0 Å². The fraction of sp³-hybridized carbons (Fsp3) is 0.722. The van der Waals surface area contributed by atoms with E-state index in [1.165, 1.54) is 19.3 Å². The number of nitrogens with zero attached hydrogens (tertiary/aromatic N) is 3. The van der Waals surface area contributed by atoms with E-state index in [0.717, 1.165) is 18.7 Å². The number of aromatic nitrogens is 2. The molecule has 2 heterocycles. The number of likely N-dealkylation sites (tertiary alicyclic amines) is 1. The zero-order chi connectivity index (χ0) is 17.3. The molecule has 1 aliphatic carbocycles. The Bertz CT molecular complexity index is 611. The van der Waals surface area contributed by atoms with Gasteiger partial charge in [-0.3, -0.25) is 9.59 Å². The van der Waals surface area contributed by atoms with Crippen LogP contribution in [-0.2, 0) is 9.59 Å². The lowest BCUT2D eigenvalue weighted by atomic mass is 9.96. The molecule has 0 unspecified atom stereocenters. The Labute approximate surface area is 143 Å². The van der Waals surface area contributed by atoms with E-state index in [1.807, 2.05) is 31.5 Å². The first-order valence-corrected chi connectivity index (χ1v) is 9.01. The predicted molar refractivity (Wildman–Crippen MR) is 92.6 cm³/mol. The number of amides is 2. The second kappa shape index (κ2) is 6.57. The van der Waals surface area contributed by atoms with E-state index in [-0.39, 0.29) is 23.3 Å². The van der Waals surface area contributed by atoms with E-state index in [4.69, 9.17) is 0 Å². The van der Waals surface area contributed by atoms with Crippen molar-refractivity contribution in [2.24, 2.45) is 5.92 Å². The molecule has 1 aromatic rings. The van der Waals surface area contributed by atoms with Crippen LogP contribution in [0.4, 0.5) is 5.82 Å². The second-order valence-electron chi connectivity index (χ2n) is 8.02. The Kier molecular flexibility index (Phi) is 4.65. The summed E-state index contributed by atoms with van der Waals surface area (Å²) in [5.41, 5.74) is -0.240. The Hall–Kier alpha value is -1.85. The van der Waals surface area contributed by atoms with Gasteiger partial charge in [-0.2, -0.15) is 5.10 Å². The van der Waals surface area contributed by atoms with E-state index in [9.17, 15) is 9.59 Å². The van der Waals surface area contributed by atoms with Crippen molar-refractivity contribution in [3.8, 4) is 0 Å². The van der Waals surface area contributed by atoms with Gasteiger partial charge in [-0.05, 0) is 33.6 Å². The van der Waals surface area contributed by atoms with Gasteiger partial charge in [-0.25, -0.2) is 4.68 Å². The second-order valence-corrected chi connectivity index (χ2v) is 8.02. The maximum atomic E-state index is 12.6. The summed E-state index contributed by atoms with van der Waals surface area (Å²) in [4.78, 5) is 26.6. The van der Waals surface area contributed by atoms with Crippen LogP contribution in [0.25, 0.3) is 0 Å². The number of carbonyl (C=O) groups excluding carboxylic acids is 2. The molecule has 1 N–H and O–H groups in total. The fourth-order valence-electron chi connectivity index (χ4n) is 3.79. The molecule has 2 aliphatic rings. The standard InChI is InChI=1S/C18H28N4O2/c1-18(2,3)21-12-13(11-16(21)23)17(24)20-15-9-10-19-22(15)14-7-5-4-6-8-14/h9-10,13-14H,4-8,11-12H2,1-3H3,(H,20,24)/t13-/m0/s1. The highest BCUT2D eigenvalue weighted by Gasteiger charge is 2.39. The molecule has 132 valence electrons. The Morgan fingerprint density at radius 3 is 2.58 bits per heavy atom. The van der Waals surface area contributed by atoms with Gasteiger partial charge in [0.15, 0.2) is 0 Å². The van der Waals surface area contributed by atoms with Gasteiger partial charge < -0.3 is 10.2 Å². The lowest BCUT2D eigenvalue weighted by Gasteiger charge is -2.32. The molecule has 2 amide bonds. The molecule has 1 saturated heterocycles. The molecule has 3 rings (SSSR count). The van der Waals surface area contributed by atoms with E-state index >= 15 is 0 Å². The van der Waals surface area contributed by atoms with Gasteiger partial charge in [0.2, 0.25) is 11.8 Å². The van der Waals surface area contributed by atoms with Crippen molar-refractivity contribution in [3.05, 3.63) is 12.3 Å². The molecule has 0 radical (unpaired) electrons. The molecule has 0 spiro atoms. The monoisotopic (exact) mass is 332 g/mol. The SMILES string of the molecule is CC(C)(C)N1C[C@@H](C(=O)Nc2ccnn2C2CCCCC2)CC1=O. The highest BCUT2D eigenvalue weighted by Crippen LogP contribution is 2.31. The average molecular weight is 332 g/mol. The molecule has 24 heavy (non-hydrogen) atoms. The zero-order valence-electron chi connectivity index (χ0n) is 14.9. The zero-order valence-corrected chi connectivity index (χ0v) is 14.9. The van der Waals surface area contributed by atoms with Crippen molar-refractivity contribution < 1.29 is 9.59 Å². The van der Waals surface area contributed by atoms with E-state index in [1.54, 1.807) is 11.1 Å². The molecule has 0 aromatic carbocycles. The minimum absolute atomic E-state index is 0.0587. The smallest absolute Gasteiger partial charge is 0.230 e. The summed E-state index contributed by atoms with van der Waals surface area (Å²) in [6.07, 6.45) is 7.98. The van der Waals surface area contributed by atoms with Crippen LogP contribution in [0.1, 0.15) is 65.3 Å². The summed E-state index contributed by atoms with van der Waals surface area (Å²) >= 11 is 0. The lowest BCUT2D eigenvalue weighted by Crippen LogP contribution is -2.42. The lowest BCUT2D eigenvalue weighted by molar-refractivity contribution is -0.131. The van der Waals surface area contributed by atoms with E-state index < -0.39 is 0 Å². The highest BCUT2D eigenvalue weighted by molar-refractivity contribution is 5.96. The summed E-state index contributed by atoms with van der Waals surface area (Å²) in [5.74, 6) is 0.455. The van der Waals surface area contributed by atoms with Gasteiger partial charge in [0.05, 0.1) is 18.2 Å². The molecule has 2 fully saturated rings. The number of carbonyl (C=O) groups is 2. The van der Waals surface area contributed by atoms with Gasteiger partial charge in [-0.1, -0.05) is 19.3 Å². The normalized spacial score (nSPS) is 22.9. The van der Waals surface area contributed by atoms with Crippen LogP contribution in [0.2, 0.25) is 0 Å². The molecular weight excluding hydrogens is 304 g/mol. The molecule has 6 heteroatoms. The van der Waals surface area contributed by atoms with Gasteiger partial charge in [0.25, 0.3) is 0 Å². The molecular formula is C18H28N4O2. The molecule has 6 nitrogen and oxygen atoms in total. The highest BCUT2D eigenvalue weighted by atomic mass is 16.2. The number of anilines is 1. The number of nitrogens with one attached hydrogen (secondary N) is 1. The first-order chi connectivity index (χ1) is 11.4. The van der Waals surface area contributed by atoms with E-state index in [0.29, 0.717) is 19.0 Å². The molecule has 1 aliphatic heterocycles. The topological polar surface area (TPSA) is 67.2 Å². The van der Waals surface area contributed by atoms with Gasteiger partial charge in [0, 0.05) is 24.6 Å². The summed E-state index contributed by atoms with van der Waals surface area (Å²) in [5, 5.41) is 7.42. The third-order valence-corrected chi connectivity index (χ3v) is 5.15. The predicted octanol–water partition coefficient (Wildman–Crippen LogP) is 2.97. The Morgan fingerprint density at radius 2 is 1.96 bits per heavy atom. The van der Waals surface area contributed by atoms with Crippen molar-refractivity contribution in [2.45, 2.75) is 70.9 Å². The van der Waals surface area contributed by atoms with Crippen molar-refractivity contribution >= 4 is 17.6 Å². The molecule has 0 bridgehead atoms. The van der Waals surface area contributed by atoms with Crippen LogP contribution in [0, 0.1) is 5.92 Å².